The standard InChI is InChI=1S/C27H20N2/c1-28-24-17-9-10-18-25(24)29(19-11-3-2-4-12-19)27-23-16-8-6-14-21(23)20-13-5-7-15-22(20)26(27)28/h2-18H,1H3. The molecule has 5 aromatic carbocycles. The van der Waals surface area contributed by atoms with E-state index in [1.165, 1.54) is 50.0 Å². The van der Waals surface area contributed by atoms with Gasteiger partial charge in [0.25, 0.3) is 0 Å². The summed E-state index contributed by atoms with van der Waals surface area (Å²) in [5.74, 6) is 0. The molecule has 29 heavy (non-hydrogen) atoms. The van der Waals surface area contributed by atoms with Crippen molar-refractivity contribution in [2.45, 2.75) is 0 Å². The third-order valence-electron chi connectivity index (χ3n) is 5.94. The predicted octanol–water partition coefficient (Wildman–Crippen LogP) is 7.54. The topological polar surface area (TPSA) is 6.48 Å². The van der Waals surface area contributed by atoms with Crippen LogP contribution in [0.5, 0.6) is 0 Å². The van der Waals surface area contributed by atoms with Gasteiger partial charge in [-0.1, -0.05) is 78.9 Å². The smallest absolute Gasteiger partial charge is 0.0785 e. The van der Waals surface area contributed by atoms with E-state index in [0.717, 1.165) is 0 Å². The number of anilines is 5. The Morgan fingerprint density at radius 2 is 0.931 bits per heavy atom. The molecule has 0 radical (unpaired) electrons. The molecule has 0 unspecified atom stereocenters. The van der Waals surface area contributed by atoms with Crippen molar-refractivity contribution in [2.24, 2.45) is 0 Å². The first kappa shape index (κ1) is 16.2. The minimum Gasteiger partial charge on any atom is -0.341 e. The van der Waals surface area contributed by atoms with Gasteiger partial charge in [-0.2, -0.15) is 0 Å². The molecule has 138 valence electrons. The quantitative estimate of drug-likeness (QED) is 0.280. The highest BCUT2D eigenvalue weighted by atomic mass is 15.3. The Kier molecular flexibility index (Phi) is 3.41. The Morgan fingerprint density at radius 1 is 0.448 bits per heavy atom. The number of para-hydroxylation sites is 3. The molecule has 0 bridgehead atoms. The molecule has 0 aliphatic carbocycles. The molecule has 2 nitrogen and oxygen atoms in total. The van der Waals surface area contributed by atoms with E-state index in [9.17, 15) is 0 Å². The molecule has 1 aliphatic heterocycles. The van der Waals surface area contributed by atoms with E-state index in [0.29, 0.717) is 0 Å². The SMILES string of the molecule is CN1c2ccccc2N(c2ccccc2)c2c1c1ccccc1c1ccccc21. The third-order valence-corrected chi connectivity index (χ3v) is 5.94. The van der Waals surface area contributed by atoms with Crippen molar-refractivity contribution < 1.29 is 0 Å². The highest BCUT2D eigenvalue weighted by molar-refractivity contribution is 6.24. The van der Waals surface area contributed by atoms with Crippen LogP contribution in [0.25, 0.3) is 21.5 Å². The van der Waals surface area contributed by atoms with Gasteiger partial charge in [-0.3, -0.25) is 0 Å². The van der Waals surface area contributed by atoms with Gasteiger partial charge in [-0.05, 0) is 35.0 Å². The number of hydrogen-bond acceptors (Lipinski definition) is 2. The van der Waals surface area contributed by atoms with E-state index in [2.05, 4.69) is 120 Å². The van der Waals surface area contributed by atoms with E-state index in [1.807, 2.05) is 0 Å². The van der Waals surface area contributed by atoms with Gasteiger partial charge in [-0.25, -0.2) is 0 Å². The normalized spacial score (nSPS) is 12.9. The van der Waals surface area contributed by atoms with Gasteiger partial charge < -0.3 is 9.80 Å². The zero-order valence-electron chi connectivity index (χ0n) is 16.2. The number of benzene rings is 5. The number of rotatable bonds is 1. The van der Waals surface area contributed by atoms with Crippen molar-refractivity contribution in [3.05, 3.63) is 103 Å². The summed E-state index contributed by atoms with van der Waals surface area (Å²) in [6.07, 6.45) is 0. The second-order valence-electron chi connectivity index (χ2n) is 7.51. The summed E-state index contributed by atoms with van der Waals surface area (Å²) in [5, 5.41) is 5.13. The zero-order chi connectivity index (χ0) is 19.4. The third kappa shape index (κ3) is 2.23. The van der Waals surface area contributed by atoms with Crippen LogP contribution in [0.2, 0.25) is 0 Å². The Hall–Kier alpha value is -3.78. The second kappa shape index (κ2) is 6.11. The average Bonchev–Trinajstić information content (AvgIpc) is 2.80. The van der Waals surface area contributed by atoms with Gasteiger partial charge in [0.1, 0.15) is 0 Å². The largest absolute Gasteiger partial charge is 0.341 e. The van der Waals surface area contributed by atoms with Gasteiger partial charge in [0, 0.05) is 23.5 Å². The molecule has 0 amide bonds. The van der Waals surface area contributed by atoms with Gasteiger partial charge in [0.15, 0.2) is 0 Å². The molecule has 5 aromatic rings. The lowest BCUT2D eigenvalue weighted by molar-refractivity contribution is 1.14. The van der Waals surface area contributed by atoms with Crippen LogP contribution in [0.4, 0.5) is 28.4 Å². The lowest BCUT2D eigenvalue weighted by Crippen LogP contribution is -2.24. The van der Waals surface area contributed by atoms with E-state index < -0.39 is 0 Å². The summed E-state index contributed by atoms with van der Waals surface area (Å²) in [6.45, 7) is 0. The summed E-state index contributed by atoms with van der Waals surface area (Å²) in [5.41, 5.74) is 6.08. The molecular formula is C27H20N2. The van der Waals surface area contributed by atoms with Crippen LogP contribution in [0, 0.1) is 0 Å². The monoisotopic (exact) mass is 372 g/mol. The van der Waals surface area contributed by atoms with E-state index in [4.69, 9.17) is 0 Å². The summed E-state index contributed by atoms with van der Waals surface area (Å²) in [6, 6.07) is 36.8. The molecular weight excluding hydrogens is 352 g/mol. The number of nitrogens with zero attached hydrogens (tertiary/aromatic N) is 2. The fourth-order valence-corrected chi connectivity index (χ4v) is 4.69. The molecule has 0 N–H and O–H groups in total. The first-order valence-corrected chi connectivity index (χ1v) is 9.96. The maximum absolute atomic E-state index is 2.42. The Bertz CT molecular complexity index is 1370. The van der Waals surface area contributed by atoms with Crippen LogP contribution in [0.3, 0.4) is 0 Å². The Balaban J connectivity index is 1.84. The summed E-state index contributed by atoms with van der Waals surface area (Å²) in [4.78, 5) is 4.76. The van der Waals surface area contributed by atoms with E-state index in [-0.39, 0.29) is 0 Å². The minimum absolute atomic E-state index is 1.18. The van der Waals surface area contributed by atoms with Gasteiger partial charge in [0.05, 0.1) is 22.7 Å². The minimum atomic E-state index is 1.18. The molecule has 0 spiro atoms. The summed E-state index contributed by atoms with van der Waals surface area (Å²) in [7, 11) is 2.18. The number of hydrogen-bond donors (Lipinski definition) is 0. The lowest BCUT2D eigenvalue weighted by Gasteiger charge is -2.40. The summed E-state index contributed by atoms with van der Waals surface area (Å²) < 4.78 is 0. The van der Waals surface area contributed by atoms with Crippen LogP contribution >= 0.6 is 0 Å². The molecule has 0 aromatic heterocycles. The van der Waals surface area contributed by atoms with E-state index in [1.54, 1.807) is 0 Å². The maximum Gasteiger partial charge on any atom is 0.0785 e. The molecule has 0 saturated heterocycles. The first-order valence-electron chi connectivity index (χ1n) is 9.96. The fraction of sp³-hybridized carbons (Fsp3) is 0.0370. The summed E-state index contributed by atoms with van der Waals surface area (Å²) >= 11 is 0. The van der Waals surface area contributed by atoms with Crippen LogP contribution in [-0.2, 0) is 0 Å². The molecule has 0 atom stereocenters. The van der Waals surface area contributed by atoms with Crippen LogP contribution in [0.15, 0.2) is 103 Å². The van der Waals surface area contributed by atoms with Crippen molar-refractivity contribution >= 4 is 50.0 Å². The average molecular weight is 372 g/mol. The number of fused-ring (bicyclic) bond motifs is 7. The fourth-order valence-electron chi connectivity index (χ4n) is 4.69. The highest BCUT2D eigenvalue weighted by Crippen LogP contribution is 2.55. The van der Waals surface area contributed by atoms with Gasteiger partial charge in [-0.15, -0.1) is 0 Å². The van der Waals surface area contributed by atoms with E-state index >= 15 is 0 Å². The van der Waals surface area contributed by atoms with Gasteiger partial charge >= 0.3 is 0 Å². The molecule has 0 fully saturated rings. The maximum atomic E-state index is 2.42. The van der Waals surface area contributed by atoms with Crippen molar-refractivity contribution in [3.8, 4) is 0 Å². The Labute approximate surface area is 170 Å². The highest BCUT2D eigenvalue weighted by Gasteiger charge is 2.30. The second-order valence-corrected chi connectivity index (χ2v) is 7.51. The lowest BCUT2D eigenvalue weighted by atomic mass is 9.94. The van der Waals surface area contributed by atoms with Crippen LogP contribution < -0.4 is 9.80 Å². The van der Waals surface area contributed by atoms with Crippen molar-refractivity contribution in [1.29, 1.82) is 0 Å². The van der Waals surface area contributed by atoms with Crippen molar-refractivity contribution in [1.82, 2.24) is 0 Å². The molecule has 1 heterocycles. The Morgan fingerprint density at radius 3 is 1.59 bits per heavy atom. The van der Waals surface area contributed by atoms with Crippen molar-refractivity contribution in [2.75, 3.05) is 16.8 Å². The van der Waals surface area contributed by atoms with Crippen LogP contribution in [-0.4, -0.2) is 7.05 Å². The van der Waals surface area contributed by atoms with Crippen LogP contribution in [0.1, 0.15) is 0 Å². The zero-order valence-corrected chi connectivity index (χ0v) is 16.2. The first-order chi connectivity index (χ1) is 14.3. The van der Waals surface area contributed by atoms with Crippen molar-refractivity contribution in [3.63, 3.8) is 0 Å². The molecule has 6 rings (SSSR count). The van der Waals surface area contributed by atoms with Gasteiger partial charge in [0.2, 0.25) is 0 Å². The molecule has 0 saturated carbocycles. The molecule has 2 heteroatoms. The predicted molar refractivity (Wildman–Crippen MR) is 124 cm³/mol. The molecule has 1 aliphatic rings.